The van der Waals surface area contributed by atoms with Crippen LogP contribution in [0.4, 0.5) is 10.1 Å². The number of nitrogens with zero attached hydrogens (tertiary/aromatic N) is 1. The molecular formula is C24H18ClFN2O4. The third-order valence-corrected chi connectivity index (χ3v) is 4.61. The summed E-state index contributed by atoms with van der Waals surface area (Å²) in [6, 6.07) is 16.8. The highest BCUT2D eigenvalue weighted by Gasteiger charge is 2.15. The molecule has 1 amide bonds. The van der Waals surface area contributed by atoms with Gasteiger partial charge in [0.1, 0.15) is 29.8 Å². The number of rotatable bonds is 7. The summed E-state index contributed by atoms with van der Waals surface area (Å²) in [5, 5.41) is 21.5. The number of phenols is 1. The lowest BCUT2D eigenvalue weighted by atomic mass is 10.1. The summed E-state index contributed by atoms with van der Waals surface area (Å²) in [5.74, 6) is -0.404. The van der Waals surface area contributed by atoms with Gasteiger partial charge in [-0.25, -0.2) is 4.39 Å². The normalized spacial score (nSPS) is 10.9. The molecule has 8 heteroatoms. The molecule has 0 spiro atoms. The number of aromatic hydroxyl groups is 1. The van der Waals surface area contributed by atoms with Crippen LogP contribution in [0.5, 0.6) is 17.2 Å². The van der Waals surface area contributed by atoms with E-state index in [1.165, 1.54) is 55.7 Å². The number of hydrogen-bond donors (Lipinski definition) is 2. The van der Waals surface area contributed by atoms with Gasteiger partial charge in [-0.05, 0) is 65.7 Å². The molecule has 0 aliphatic heterocycles. The van der Waals surface area contributed by atoms with Crippen LogP contribution in [0.2, 0.25) is 5.02 Å². The lowest BCUT2D eigenvalue weighted by Gasteiger charge is -2.14. The molecule has 6 nitrogen and oxygen atoms in total. The van der Waals surface area contributed by atoms with E-state index in [2.05, 4.69) is 5.32 Å². The molecule has 0 saturated heterocycles. The average molecular weight is 453 g/mol. The maximum atomic E-state index is 13.4. The number of carbonyl (C=O) groups excluding carboxylic acids is 1. The van der Waals surface area contributed by atoms with Gasteiger partial charge in [-0.1, -0.05) is 23.7 Å². The van der Waals surface area contributed by atoms with Crippen molar-refractivity contribution in [3.63, 3.8) is 0 Å². The Balaban J connectivity index is 1.81. The molecule has 0 aliphatic rings. The highest BCUT2D eigenvalue weighted by atomic mass is 35.5. The zero-order valence-corrected chi connectivity index (χ0v) is 17.7. The van der Waals surface area contributed by atoms with E-state index in [1.54, 1.807) is 18.2 Å². The lowest BCUT2D eigenvalue weighted by Crippen LogP contribution is -2.13. The maximum Gasteiger partial charge on any atom is 0.266 e. The summed E-state index contributed by atoms with van der Waals surface area (Å²) in [6.45, 7) is 0.0709. The van der Waals surface area contributed by atoms with Crippen LogP contribution in [0.1, 0.15) is 11.1 Å². The van der Waals surface area contributed by atoms with E-state index in [-0.39, 0.29) is 40.3 Å². The number of phenolic OH excluding ortho intramolecular Hbond substituents is 1. The zero-order chi connectivity index (χ0) is 23.1. The van der Waals surface area contributed by atoms with Crippen LogP contribution in [0.15, 0.2) is 66.2 Å². The first-order chi connectivity index (χ1) is 15.4. The quantitative estimate of drug-likeness (QED) is 0.287. The van der Waals surface area contributed by atoms with Gasteiger partial charge in [-0.15, -0.1) is 0 Å². The van der Waals surface area contributed by atoms with Gasteiger partial charge in [0.2, 0.25) is 0 Å². The Morgan fingerprint density at radius 3 is 2.62 bits per heavy atom. The lowest BCUT2D eigenvalue weighted by molar-refractivity contribution is -0.112. The number of ether oxygens (including phenoxy) is 2. The minimum absolute atomic E-state index is 0.0560. The fraction of sp³-hybridized carbons (Fsp3) is 0.0833. The predicted octanol–water partition coefficient (Wildman–Crippen LogP) is 5.32. The van der Waals surface area contributed by atoms with Crippen LogP contribution < -0.4 is 14.8 Å². The van der Waals surface area contributed by atoms with E-state index in [4.69, 9.17) is 21.1 Å². The largest absolute Gasteiger partial charge is 0.508 e. The number of halogens is 2. The Labute approximate surface area is 189 Å². The van der Waals surface area contributed by atoms with Crippen LogP contribution in [0.25, 0.3) is 6.08 Å². The number of anilines is 1. The summed E-state index contributed by atoms with van der Waals surface area (Å²) in [4.78, 5) is 12.4. The van der Waals surface area contributed by atoms with Gasteiger partial charge in [-0.2, -0.15) is 5.26 Å². The van der Waals surface area contributed by atoms with Gasteiger partial charge in [-0.3, -0.25) is 4.79 Å². The van der Waals surface area contributed by atoms with Crippen LogP contribution in [-0.2, 0) is 11.4 Å². The fourth-order valence-electron chi connectivity index (χ4n) is 2.80. The molecule has 162 valence electrons. The first kappa shape index (κ1) is 22.7. The molecule has 32 heavy (non-hydrogen) atoms. The molecule has 0 aromatic heterocycles. The second-order valence-corrected chi connectivity index (χ2v) is 7.03. The van der Waals surface area contributed by atoms with Crippen LogP contribution in [-0.4, -0.2) is 18.1 Å². The van der Waals surface area contributed by atoms with Crippen molar-refractivity contribution in [1.82, 2.24) is 0 Å². The monoisotopic (exact) mass is 452 g/mol. The van der Waals surface area contributed by atoms with Crippen molar-refractivity contribution in [3.8, 4) is 23.3 Å². The number of methoxy groups -OCH3 is 1. The summed E-state index contributed by atoms with van der Waals surface area (Å²) in [6.07, 6.45) is 1.36. The fourth-order valence-corrected chi connectivity index (χ4v) is 3.08. The van der Waals surface area contributed by atoms with E-state index in [1.807, 2.05) is 6.07 Å². The Morgan fingerprint density at radius 1 is 1.22 bits per heavy atom. The zero-order valence-electron chi connectivity index (χ0n) is 16.9. The predicted molar refractivity (Wildman–Crippen MR) is 119 cm³/mol. The third kappa shape index (κ3) is 5.78. The van der Waals surface area contributed by atoms with Gasteiger partial charge in [0, 0.05) is 5.69 Å². The average Bonchev–Trinajstić information content (AvgIpc) is 2.77. The topological polar surface area (TPSA) is 91.6 Å². The van der Waals surface area contributed by atoms with Crippen molar-refractivity contribution in [2.75, 3.05) is 12.4 Å². The van der Waals surface area contributed by atoms with Gasteiger partial charge in [0.25, 0.3) is 5.91 Å². The van der Waals surface area contributed by atoms with E-state index < -0.39 is 5.91 Å². The number of hydrogen-bond acceptors (Lipinski definition) is 5. The molecule has 3 aromatic rings. The van der Waals surface area contributed by atoms with Gasteiger partial charge >= 0.3 is 0 Å². The molecule has 0 atom stereocenters. The first-order valence-corrected chi connectivity index (χ1v) is 9.74. The summed E-state index contributed by atoms with van der Waals surface area (Å²) in [5.41, 5.74) is 1.32. The maximum absolute atomic E-state index is 13.4. The third-order valence-electron chi connectivity index (χ3n) is 4.33. The molecule has 3 aromatic carbocycles. The molecule has 0 radical (unpaired) electrons. The highest BCUT2D eigenvalue weighted by Crippen LogP contribution is 2.37. The number of amides is 1. The SMILES string of the molecule is COc1cc(C=C(C#N)C(=O)Nc2ccc(O)cc2)cc(Cl)c1OCc1cccc(F)c1. The van der Waals surface area contributed by atoms with E-state index in [0.29, 0.717) is 16.8 Å². The molecule has 0 saturated carbocycles. The molecule has 0 fully saturated rings. The number of nitrogens with one attached hydrogen (secondary N) is 1. The van der Waals surface area contributed by atoms with Crippen molar-refractivity contribution >= 4 is 29.3 Å². The van der Waals surface area contributed by atoms with Crippen molar-refractivity contribution in [1.29, 1.82) is 5.26 Å². The molecule has 0 heterocycles. The Hall–Kier alpha value is -4.02. The van der Waals surface area contributed by atoms with Crippen LogP contribution >= 0.6 is 11.6 Å². The summed E-state index contributed by atoms with van der Waals surface area (Å²) < 4.78 is 24.4. The Kier molecular flexibility index (Phi) is 7.32. The van der Waals surface area contributed by atoms with E-state index in [0.717, 1.165) is 0 Å². The molecular weight excluding hydrogens is 435 g/mol. The minimum atomic E-state index is -0.625. The standard InChI is InChI=1S/C24H18ClFN2O4/c1-31-22-12-16(9-17(13-27)24(30)28-19-5-7-20(29)8-6-19)11-21(25)23(22)32-14-15-3-2-4-18(26)10-15/h2-12,29H,14H2,1H3,(H,28,30). The second kappa shape index (κ2) is 10.3. The van der Waals surface area contributed by atoms with Crippen molar-refractivity contribution in [2.24, 2.45) is 0 Å². The first-order valence-electron chi connectivity index (χ1n) is 9.36. The number of benzene rings is 3. The van der Waals surface area contributed by atoms with Crippen molar-refractivity contribution < 1.29 is 23.8 Å². The van der Waals surface area contributed by atoms with E-state index >= 15 is 0 Å². The molecule has 2 N–H and O–H groups in total. The molecule has 0 bridgehead atoms. The second-order valence-electron chi connectivity index (χ2n) is 6.62. The number of nitriles is 1. The van der Waals surface area contributed by atoms with Gasteiger partial charge in [0.15, 0.2) is 11.5 Å². The van der Waals surface area contributed by atoms with E-state index in [9.17, 15) is 19.6 Å². The smallest absolute Gasteiger partial charge is 0.266 e. The minimum Gasteiger partial charge on any atom is -0.508 e. The molecule has 0 unspecified atom stereocenters. The molecule has 0 aliphatic carbocycles. The van der Waals surface area contributed by atoms with Crippen molar-refractivity contribution in [3.05, 3.63) is 88.2 Å². The number of carbonyl (C=O) groups is 1. The Morgan fingerprint density at radius 2 is 1.97 bits per heavy atom. The highest BCUT2D eigenvalue weighted by molar-refractivity contribution is 6.32. The van der Waals surface area contributed by atoms with Crippen LogP contribution in [0.3, 0.4) is 0 Å². The van der Waals surface area contributed by atoms with Gasteiger partial charge in [0.05, 0.1) is 12.1 Å². The van der Waals surface area contributed by atoms with Crippen molar-refractivity contribution in [2.45, 2.75) is 6.61 Å². The summed E-state index contributed by atoms with van der Waals surface area (Å²) >= 11 is 6.35. The molecule has 3 rings (SSSR count). The Bertz CT molecular complexity index is 1200. The summed E-state index contributed by atoms with van der Waals surface area (Å²) in [7, 11) is 1.43. The van der Waals surface area contributed by atoms with Crippen LogP contribution in [0, 0.1) is 17.1 Å². The van der Waals surface area contributed by atoms with Gasteiger partial charge < -0.3 is 19.9 Å².